The van der Waals surface area contributed by atoms with Gasteiger partial charge in [-0.05, 0) is 60.6 Å². The summed E-state index contributed by atoms with van der Waals surface area (Å²) in [5.41, 5.74) is 2.64. The molecule has 37 heavy (non-hydrogen) atoms. The van der Waals surface area contributed by atoms with E-state index in [1.54, 1.807) is 7.11 Å². The number of fused-ring (bicyclic) bond motifs is 1. The van der Waals surface area contributed by atoms with Crippen molar-refractivity contribution in [2.75, 3.05) is 26.7 Å². The van der Waals surface area contributed by atoms with E-state index in [9.17, 15) is 9.59 Å². The van der Waals surface area contributed by atoms with Crippen LogP contribution in [0.5, 0.6) is 5.88 Å². The van der Waals surface area contributed by atoms with E-state index in [0.29, 0.717) is 24.2 Å². The first-order valence-corrected chi connectivity index (χ1v) is 13.3. The zero-order chi connectivity index (χ0) is 25.1. The largest absolute Gasteiger partial charge is 0.481 e. The number of carbonyl (C=O) groups excluding carboxylic acids is 2. The highest BCUT2D eigenvalue weighted by atomic mass is 16.5. The predicted molar refractivity (Wildman–Crippen MR) is 141 cm³/mol. The molecule has 7 nitrogen and oxygen atoms in total. The molecule has 2 aliphatic carbocycles. The van der Waals surface area contributed by atoms with E-state index in [1.807, 2.05) is 22.1 Å². The molecular weight excluding hydrogens is 464 g/mol. The number of nitrogens with zero attached hydrogens (tertiary/aromatic N) is 4. The fourth-order valence-electron chi connectivity index (χ4n) is 5.74. The highest BCUT2D eigenvalue weighted by molar-refractivity contribution is 6.16. The number of hydrogen-bond donors (Lipinski definition) is 0. The van der Waals surface area contributed by atoms with E-state index in [-0.39, 0.29) is 11.8 Å². The van der Waals surface area contributed by atoms with E-state index < -0.39 is 5.54 Å². The molecule has 1 atom stereocenters. The van der Waals surface area contributed by atoms with Gasteiger partial charge in [0.15, 0.2) is 0 Å². The van der Waals surface area contributed by atoms with Crippen LogP contribution in [0.15, 0.2) is 59.7 Å². The summed E-state index contributed by atoms with van der Waals surface area (Å²) in [5.74, 6) is 2.38. The van der Waals surface area contributed by atoms with Crippen LogP contribution in [-0.2, 0) is 9.59 Å². The summed E-state index contributed by atoms with van der Waals surface area (Å²) in [6.07, 6.45) is 6.50. The standard InChI is InChI=1S/C30H30N4O3/c1-37-26-15-25-14-23(8-9-24(25)16-31-26)20-2-4-21(5-3-20)27-32-30(11-12-30)29(36)34(27)18-19-10-13-33(17-19)28(35)22-6-7-22/h2-5,8-9,14-16,19,22H,6-7,10-13,17-18H2,1H3. The summed E-state index contributed by atoms with van der Waals surface area (Å²) in [4.78, 5) is 39.1. The molecule has 0 radical (unpaired) electrons. The third-order valence-electron chi connectivity index (χ3n) is 8.29. The Morgan fingerprint density at radius 3 is 2.49 bits per heavy atom. The van der Waals surface area contributed by atoms with Crippen LogP contribution in [0.25, 0.3) is 21.9 Å². The molecular formula is C30H30N4O3. The normalized spacial score (nSPS) is 22.1. The van der Waals surface area contributed by atoms with Gasteiger partial charge >= 0.3 is 0 Å². The van der Waals surface area contributed by atoms with Gasteiger partial charge in [0.2, 0.25) is 11.8 Å². The van der Waals surface area contributed by atoms with Gasteiger partial charge in [0.1, 0.15) is 11.4 Å². The number of amides is 2. The summed E-state index contributed by atoms with van der Waals surface area (Å²) in [6.45, 7) is 2.19. The summed E-state index contributed by atoms with van der Waals surface area (Å²) in [6, 6.07) is 16.6. The van der Waals surface area contributed by atoms with Gasteiger partial charge in [0, 0.05) is 48.8 Å². The number of likely N-dealkylation sites (tertiary alicyclic amines) is 1. The average molecular weight is 495 g/mol. The monoisotopic (exact) mass is 494 g/mol. The van der Waals surface area contributed by atoms with Gasteiger partial charge in [-0.3, -0.25) is 19.5 Å². The first-order chi connectivity index (χ1) is 18.0. The second-order valence-electron chi connectivity index (χ2n) is 11.0. The number of methoxy groups -OCH3 is 1. The van der Waals surface area contributed by atoms with Crippen LogP contribution < -0.4 is 4.74 Å². The number of aromatic nitrogens is 1. The smallest absolute Gasteiger partial charge is 0.256 e. The molecule has 0 N–H and O–H groups in total. The van der Waals surface area contributed by atoms with Crippen LogP contribution in [-0.4, -0.2) is 64.7 Å². The second-order valence-corrected chi connectivity index (χ2v) is 11.0. The Morgan fingerprint density at radius 2 is 1.76 bits per heavy atom. The van der Waals surface area contributed by atoms with Crippen molar-refractivity contribution in [3.63, 3.8) is 0 Å². The van der Waals surface area contributed by atoms with Crippen LogP contribution >= 0.6 is 0 Å². The Morgan fingerprint density at radius 1 is 1.00 bits per heavy atom. The highest BCUT2D eigenvalue weighted by Crippen LogP contribution is 2.46. The highest BCUT2D eigenvalue weighted by Gasteiger charge is 2.57. The molecule has 2 aliphatic heterocycles. The minimum absolute atomic E-state index is 0.135. The first kappa shape index (κ1) is 22.5. The number of amidine groups is 1. The van der Waals surface area contributed by atoms with Crippen molar-refractivity contribution in [2.45, 2.75) is 37.6 Å². The molecule has 188 valence electrons. The lowest BCUT2D eigenvalue weighted by atomic mass is 10.0. The van der Waals surface area contributed by atoms with Gasteiger partial charge in [-0.15, -0.1) is 0 Å². The molecule has 1 aromatic heterocycles. The van der Waals surface area contributed by atoms with E-state index in [4.69, 9.17) is 9.73 Å². The van der Waals surface area contributed by atoms with Crippen molar-refractivity contribution in [1.82, 2.24) is 14.8 Å². The lowest BCUT2D eigenvalue weighted by Crippen LogP contribution is -2.40. The summed E-state index contributed by atoms with van der Waals surface area (Å²) < 4.78 is 5.28. The van der Waals surface area contributed by atoms with Gasteiger partial charge in [0.25, 0.3) is 5.91 Å². The molecule has 2 aromatic carbocycles. The van der Waals surface area contributed by atoms with Crippen molar-refractivity contribution in [3.8, 4) is 17.0 Å². The number of rotatable bonds is 6. The maximum atomic E-state index is 13.4. The van der Waals surface area contributed by atoms with Crippen molar-refractivity contribution in [1.29, 1.82) is 0 Å². The Labute approximate surface area is 216 Å². The maximum Gasteiger partial charge on any atom is 0.256 e. The van der Waals surface area contributed by atoms with Crippen molar-refractivity contribution >= 4 is 28.4 Å². The van der Waals surface area contributed by atoms with E-state index in [1.165, 1.54) is 0 Å². The topological polar surface area (TPSA) is 75.1 Å². The van der Waals surface area contributed by atoms with Gasteiger partial charge in [0.05, 0.1) is 7.11 Å². The lowest BCUT2D eigenvalue weighted by molar-refractivity contribution is -0.131. The molecule has 2 amide bonds. The predicted octanol–water partition coefficient (Wildman–Crippen LogP) is 4.29. The number of pyridine rings is 1. The molecule has 3 aromatic rings. The Bertz CT molecular complexity index is 1440. The van der Waals surface area contributed by atoms with E-state index in [2.05, 4.69) is 47.4 Å². The second kappa shape index (κ2) is 8.40. The Hall–Kier alpha value is -3.74. The molecule has 7 rings (SSSR count). The number of aliphatic imine (C=N–C) groups is 1. The third kappa shape index (κ3) is 3.97. The molecule has 1 spiro atoms. The summed E-state index contributed by atoms with van der Waals surface area (Å²) in [7, 11) is 1.62. The quantitative estimate of drug-likeness (QED) is 0.512. The number of benzene rings is 2. The van der Waals surface area contributed by atoms with Crippen LogP contribution in [0.1, 0.15) is 37.7 Å². The van der Waals surface area contributed by atoms with Crippen LogP contribution in [0.4, 0.5) is 0 Å². The van der Waals surface area contributed by atoms with Gasteiger partial charge < -0.3 is 9.64 Å². The van der Waals surface area contributed by atoms with Crippen LogP contribution in [0.3, 0.4) is 0 Å². The van der Waals surface area contributed by atoms with Crippen molar-refractivity contribution in [2.24, 2.45) is 16.8 Å². The SMILES string of the molecule is COc1cc2cc(-c3ccc(C4=NC5(CC5)C(=O)N4CC4CCN(C(=O)C5CC5)C4)cc3)ccc2cn1. The van der Waals surface area contributed by atoms with Gasteiger partial charge in [-0.2, -0.15) is 0 Å². The van der Waals surface area contributed by atoms with Gasteiger partial charge in [-0.25, -0.2) is 4.98 Å². The Kier molecular flexibility index (Phi) is 5.10. The van der Waals surface area contributed by atoms with Gasteiger partial charge in [-0.1, -0.05) is 36.4 Å². The molecule has 1 saturated heterocycles. The van der Waals surface area contributed by atoms with E-state index in [0.717, 1.165) is 78.5 Å². The zero-order valence-corrected chi connectivity index (χ0v) is 21.0. The summed E-state index contributed by atoms with van der Waals surface area (Å²) in [5, 5.41) is 2.14. The molecule has 4 aliphatic rings. The molecule has 2 saturated carbocycles. The van der Waals surface area contributed by atoms with Crippen LogP contribution in [0, 0.1) is 11.8 Å². The molecule has 7 heteroatoms. The van der Waals surface area contributed by atoms with Crippen molar-refractivity contribution < 1.29 is 14.3 Å². The molecule has 0 bridgehead atoms. The third-order valence-corrected chi connectivity index (χ3v) is 8.29. The number of ether oxygens (including phenoxy) is 1. The maximum absolute atomic E-state index is 13.4. The van der Waals surface area contributed by atoms with Crippen LogP contribution in [0.2, 0.25) is 0 Å². The molecule has 1 unspecified atom stereocenters. The molecule has 3 fully saturated rings. The summed E-state index contributed by atoms with van der Waals surface area (Å²) >= 11 is 0. The minimum Gasteiger partial charge on any atom is -0.481 e. The number of hydrogen-bond acceptors (Lipinski definition) is 5. The number of carbonyl (C=O) groups is 2. The minimum atomic E-state index is -0.540. The fourth-order valence-corrected chi connectivity index (χ4v) is 5.74. The molecule has 3 heterocycles. The zero-order valence-electron chi connectivity index (χ0n) is 21.0. The fraction of sp³-hybridized carbons (Fsp3) is 0.400. The first-order valence-electron chi connectivity index (χ1n) is 13.3. The Balaban J connectivity index is 1.12. The van der Waals surface area contributed by atoms with Crippen molar-refractivity contribution in [3.05, 3.63) is 60.3 Å². The average Bonchev–Trinajstić information content (AvgIpc) is 3.86. The van der Waals surface area contributed by atoms with E-state index >= 15 is 0 Å². The lowest BCUT2D eigenvalue weighted by Gasteiger charge is -2.23.